The zero-order valence-corrected chi connectivity index (χ0v) is 19.5. The smallest absolute Gasteiger partial charge is 0.407 e. The van der Waals surface area contributed by atoms with Crippen molar-refractivity contribution in [3.05, 3.63) is 0 Å². The summed E-state index contributed by atoms with van der Waals surface area (Å²) in [6.45, 7) is 11.6. The number of carbonyl (C=O) groups is 2. The summed E-state index contributed by atoms with van der Waals surface area (Å²) < 4.78 is 5.17. The maximum atomic E-state index is 11.7. The van der Waals surface area contributed by atoms with E-state index >= 15 is 0 Å². The van der Waals surface area contributed by atoms with Crippen LogP contribution in [0.25, 0.3) is 0 Å². The highest BCUT2D eigenvalue weighted by molar-refractivity contribution is 14.0. The maximum absolute atomic E-state index is 11.7. The molecular formula is C17H36IN5O3. The molecule has 0 heterocycles. The second kappa shape index (κ2) is 13.9. The fourth-order valence-electron chi connectivity index (χ4n) is 1.56. The first-order valence-electron chi connectivity index (χ1n) is 8.70. The Hall–Kier alpha value is -1.26. The molecule has 0 unspecified atom stereocenters. The fraction of sp³-hybridized carbons (Fsp3) is 0.824. The first-order chi connectivity index (χ1) is 11.5. The van der Waals surface area contributed by atoms with Gasteiger partial charge in [-0.25, -0.2) is 9.79 Å². The second-order valence-electron chi connectivity index (χ2n) is 7.44. The number of nitrogens with zero attached hydrogens (tertiary/aromatic N) is 2. The van der Waals surface area contributed by atoms with Crippen LogP contribution in [0.3, 0.4) is 0 Å². The topological polar surface area (TPSA) is 95.1 Å². The van der Waals surface area contributed by atoms with E-state index in [9.17, 15) is 9.59 Å². The maximum Gasteiger partial charge on any atom is 0.407 e. The molecule has 0 bridgehead atoms. The highest BCUT2D eigenvalue weighted by Gasteiger charge is 2.15. The molecule has 3 N–H and O–H groups in total. The second-order valence-corrected chi connectivity index (χ2v) is 7.44. The molecule has 0 aliphatic rings. The van der Waals surface area contributed by atoms with E-state index < -0.39 is 11.7 Å². The van der Waals surface area contributed by atoms with Crippen LogP contribution in [0.4, 0.5) is 4.79 Å². The quantitative estimate of drug-likeness (QED) is 0.211. The first-order valence-corrected chi connectivity index (χ1v) is 8.70. The van der Waals surface area contributed by atoms with Crippen LogP contribution in [0.2, 0.25) is 0 Å². The number of rotatable bonds is 8. The van der Waals surface area contributed by atoms with E-state index in [4.69, 9.17) is 4.74 Å². The number of hydrogen-bond acceptors (Lipinski definition) is 4. The van der Waals surface area contributed by atoms with Gasteiger partial charge in [-0.1, -0.05) is 13.8 Å². The van der Waals surface area contributed by atoms with E-state index in [0.717, 1.165) is 6.54 Å². The molecule has 2 amide bonds. The van der Waals surface area contributed by atoms with Crippen LogP contribution < -0.4 is 16.0 Å². The molecule has 0 rings (SSSR count). The summed E-state index contributed by atoms with van der Waals surface area (Å²) in [6.07, 6.45) is 0.291. The molecule has 0 aromatic carbocycles. The average molecular weight is 485 g/mol. The lowest BCUT2D eigenvalue weighted by molar-refractivity contribution is -0.127. The molecule has 9 heteroatoms. The minimum absolute atomic E-state index is 0. The van der Waals surface area contributed by atoms with E-state index in [1.54, 1.807) is 14.1 Å². The lowest BCUT2D eigenvalue weighted by atomic mass is 10.2. The van der Waals surface area contributed by atoms with E-state index in [0.29, 0.717) is 31.4 Å². The van der Waals surface area contributed by atoms with Gasteiger partial charge in [0.2, 0.25) is 5.91 Å². The van der Waals surface area contributed by atoms with Crippen LogP contribution in [0.5, 0.6) is 0 Å². The molecular weight excluding hydrogens is 449 g/mol. The van der Waals surface area contributed by atoms with Gasteiger partial charge >= 0.3 is 6.09 Å². The lowest BCUT2D eigenvalue weighted by Crippen LogP contribution is -2.41. The molecule has 154 valence electrons. The Morgan fingerprint density at radius 1 is 1.08 bits per heavy atom. The number of likely N-dealkylation sites (N-methyl/N-ethyl adjacent to an activating group) is 1. The van der Waals surface area contributed by atoms with E-state index in [1.165, 1.54) is 4.90 Å². The van der Waals surface area contributed by atoms with Gasteiger partial charge in [0.1, 0.15) is 12.1 Å². The Kier molecular flexibility index (Phi) is 14.4. The van der Waals surface area contributed by atoms with E-state index in [2.05, 4.69) is 34.8 Å². The van der Waals surface area contributed by atoms with Gasteiger partial charge in [-0.3, -0.25) is 4.79 Å². The summed E-state index contributed by atoms with van der Waals surface area (Å²) in [5.41, 5.74) is -0.498. The van der Waals surface area contributed by atoms with Crippen molar-refractivity contribution in [2.45, 2.75) is 46.6 Å². The van der Waals surface area contributed by atoms with Gasteiger partial charge in [0.25, 0.3) is 0 Å². The van der Waals surface area contributed by atoms with Crippen molar-refractivity contribution in [2.24, 2.45) is 10.9 Å². The van der Waals surface area contributed by atoms with Crippen LogP contribution in [-0.4, -0.2) is 68.7 Å². The van der Waals surface area contributed by atoms with Crippen molar-refractivity contribution < 1.29 is 14.3 Å². The van der Waals surface area contributed by atoms with Crippen molar-refractivity contribution in [2.75, 3.05) is 40.3 Å². The molecule has 0 aliphatic heterocycles. The van der Waals surface area contributed by atoms with Gasteiger partial charge in [0, 0.05) is 33.7 Å². The number of nitrogens with one attached hydrogen (secondary N) is 3. The average Bonchev–Trinajstić information content (AvgIpc) is 2.46. The molecule has 0 aromatic heterocycles. The summed E-state index contributed by atoms with van der Waals surface area (Å²) in [6, 6.07) is 0. The van der Waals surface area contributed by atoms with Gasteiger partial charge < -0.3 is 25.6 Å². The molecule has 0 aromatic rings. The molecule has 0 aliphatic carbocycles. The molecule has 0 fully saturated rings. The predicted molar refractivity (Wildman–Crippen MR) is 116 cm³/mol. The van der Waals surface area contributed by atoms with Crippen molar-refractivity contribution in [1.82, 2.24) is 20.9 Å². The highest BCUT2D eigenvalue weighted by Crippen LogP contribution is 2.06. The molecule has 0 radical (unpaired) electrons. The van der Waals surface area contributed by atoms with Gasteiger partial charge in [-0.05, 0) is 33.1 Å². The van der Waals surface area contributed by atoms with Crippen molar-refractivity contribution in [3.8, 4) is 0 Å². The third kappa shape index (κ3) is 16.2. The van der Waals surface area contributed by atoms with Gasteiger partial charge in [-0.15, -0.1) is 24.0 Å². The fourth-order valence-corrected chi connectivity index (χ4v) is 1.56. The number of halogens is 1. The molecule has 26 heavy (non-hydrogen) atoms. The highest BCUT2D eigenvalue weighted by atomic mass is 127. The van der Waals surface area contributed by atoms with Crippen molar-refractivity contribution >= 4 is 41.9 Å². The third-order valence-electron chi connectivity index (χ3n) is 2.86. The molecule has 0 spiro atoms. The Morgan fingerprint density at radius 3 is 2.15 bits per heavy atom. The molecule has 0 saturated carbocycles. The normalized spacial score (nSPS) is 11.5. The Balaban J connectivity index is 0. The van der Waals surface area contributed by atoms with Gasteiger partial charge in [0.05, 0.1) is 0 Å². The van der Waals surface area contributed by atoms with Crippen LogP contribution >= 0.6 is 24.0 Å². The number of alkyl carbamates (subject to hydrolysis) is 1. The van der Waals surface area contributed by atoms with Gasteiger partial charge in [0.15, 0.2) is 5.96 Å². The monoisotopic (exact) mass is 485 g/mol. The van der Waals surface area contributed by atoms with E-state index in [1.807, 2.05) is 20.8 Å². The number of hydrogen-bond donors (Lipinski definition) is 3. The number of aliphatic imine (C=N–C) groups is 1. The Morgan fingerprint density at radius 2 is 1.65 bits per heavy atom. The zero-order chi connectivity index (χ0) is 19.5. The molecule has 0 atom stereocenters. The number of guanidine groups is 1. The third-order valence-corrected chi connectivity index (χ3v) is 2.86. The summed E-state index contributed by atoms with van der Waals surface area (Å²) >= 11 is 0. The lowest BCUT2D eigenvalue weighted by Gasteiger charge is -2.19. The van der Waals surface area contributed by atoms with Crippen molar-refractivity contribution in [3.63, 3.8) is 0 Å². The summed E-state index contributed by atoms with van der Waals surface area (Å²) in [7, 11) is 3.41. The van der Waals surface area contributed by atoms with Gasteiger partial charge in [-0.2, -0.15) is 0 Å². The van der Waals surface area contributed by atoms with Crippen LogP contribution in [-0.2, 0) is 9.53 Å². The summed E-state index contributed by atoms with van der Waals surface area (Å²) in [4.78, 5) is 29.0. The SMILES string of the molecule is CC(C)CNC(=NCC(=O)N(C)C)NCCCNC(=O)OC(C)(C)C.I. The summed E-state index contributed by atoms with van der Waals surface area (Å²) in [5.74, 6) is 1.00. The van der Waals surface area contributed by atoms with Crippen molar-refractivity contribution in [1.29, 1.82) is 0 Å². The molecule has 8 nitrogen and oxygen atoms in total. The minimum atomic E-state index is -0.498. The standard InChI is InChI=1S/C17H35N5O3.HI/c1-13(2)11-20-15(21-12-14(23)22(6)7)18-9-8-10-19-16(24)25-17(3,4)5;/h13H,8-12H2,1-7H3,(H,19,24)(H2,18,20,21);1H. The molecule has 0 saturated heterocycles. The summed E-state index contributed by atoms with van der Waals surface area (Å²) in [5, 5.41) is 9.07. The Bertz CT molecular complexity index is 448. The first kappa shape index (κ1) is 27.0. The largest absolute Gasteiger partial charge is 0.444 e. The Labute approximate surface area is 174 Å². The van der Waals surface area contributed by atoms with E-state index in [-0.39, 0.29) is 36.4 Å². The number of amides is 2. The predicted octanol–water partition coefficient (Wildman–Crippen LogP) is 1.80. The number of ether oxygens (including phenoxy) is 1. The number of carbonyl (C=O) groups excluding carboxylic acids is 2. The van der Waals surface area contributed by atoms with Crippen LogP contribution in [0.15, 0.2) is 4.99 Å². The zero-order valence-electron chi connectivity index (χ0n) is 17.1. The minimum Gasteiger partial charge on any atom is -0.444 e. The van der Waals surface area contributed by atoms with Crippen LogP contribution in [0.1, 0.15) is 41.0 Å². The van der Waals surface area contributed by atoms with Crippen LogP contribution in [0, 0.1) is 5.92 Å².